The molecule has 0 saturated carbocycles. The standard InChI is InChI=1S/C14H21BrClNO/c1-10(2)18-8-4-7-17-11(3)13-6-5-12(15)9-14(13)16/h5-6,9-11,17H,4,7-8H2,1-3H3. The van der Waals surface area contributed by atoms with E-state index in [9.17, 15) is 0 Å². The minimum atomic E-state index is 0.254. The van der Waals surface area contributed by atoms with E-state index < -0.39 is 0 Å². The van der Waals surface area contributed by atoms with Crippen molar-refractivity contribution in [2.24, 2.45) is 0 Å². The second kappa shape index (κ2) is 8.16. The molecule has 0 bridgehead atoms. The average molecular weight is 335 g/mol. The van der Waals surface area contributed by atoms with Crippen LogP contribution >= 0.6 is 27.5 Å². The molecule has 0 aliphatic carbocycles. The third kappa shape index (κ3) is 5.70. The van der Waals surface area contributed by atoms with Crippen molar-refractivity contribution in [3.8, 4) is 0 Å². The van der Waals surface area contributed by atoms with E-state index in [2.05, 4.69) is 48.1 Å². The van der Waals surface area contributed by atoms with E-state index in [4.69, 9.17) is 16.3 Å². The van der Waals surface area contributed by atoms with Gasteiger partial charge in [-0.05, 0) is 51.4 Å². The third-order valence-corrected chi connectivity index (χ3v) is 3.47. The second-order valence-corrected chi connectivity index (χ2v) is 5.94. The predicted octanol–water partition coefficient (Wildman–Crippen LogP) is 4.57. The van der Waals surface area contributed by atoms with Crippen LogP contribution in [0.25, 0.3) is 0 Å². The van der Waals surface area contributed by atoms with Gasteiger partial charge >= 0.3 is 0 Å². The van der Waals surface area contributed by atoms with Crippen LogP contribution in [0.1, 0.15) is 38.8 Å². The molecule has 1 rings (SSSR count). The molecule has 102 valence electrons. The maximum atomic E-state index is 6.21. The number of rotatable bonds is 7. The molecule has 0 heterocycles. The minimum Gasteiger partial charge on any atom is -0.379 e. The van der Waals surface area contributed by atoms with Crippen molar-refractivity contribution < 1.29 is 4.74 Å². The van der Waals surface area contributed by atoms with Gasteiger partial charge in [0, 0.05) is 22.1 Å². The molecule has 18 heavy (non-hydrogen) atoms. The number of halogens is 2. The van der Waals surface area contributed by atoms with Crippen molar-refractivity contribution in [1.29, 1.82) is 0 Å². The monoisotopic (exact) mass is 333 g/mol. The van der Waals surface area contributed by atoms with E-state index in [0.29, 0.717) is 6.10 Å². The molecule has 0 spiro atoms. The van der Waals surface area contributed by atoms with E-state index in [1.54, 1.807) is 0 Å². The molecule has 1 N–H and O–H groups in total. The molecule has 0 fully saturated rings. The zero-order chi connectivity index (χ0) is 13.5. The van der Waals surface area contributed by atoms with Gasteiger partial charge in [0.1, 0.15) is 0 Å². The van der Waals surface area contributed by atoms with Gasteiger partial charge in [-0.15, -0.1) is 0 Å². The second-order valence-electron chi connectivity index (χ2n) is 4.61. The first-order valence-electron chi connectivity index (χ1n) is 6.30. The molecule has 1 unspecified atom stereocenters. The minimum absolute atomic E-state index is 0.254. The van der Waals surface area contributed by atoms with Crippen LogP contribution in [0.2, 0.25) is 5.02 Å². The molecular formula is C14H21BrClNO. The van der Waals surface area contributed by atoms with Gasteiger partial charge in [-0.2, -0.15) is 0 Å². The fraction of sp³-hybridized carbons (Fsp3) is 0.571. The Bertz CT molecular complexity index is 371. The van der Waals surface area contributed by atoms with Gasteiger partial charge in [0.25, 0.3) is 0 Å². The number of hydrogen-bond acceptors (Lipinski definition) is 2. The van der Waals surface area contributed by atoms with Gasteiger partial charge in [0.05, 0.1) is 6.10 Å². The van der Waals surface area contributed by atoms with E-state index >= 15 is 0 Å². The lowest BCUT2D eigenvalue weighted by molar-refractivity contribution is 0.0768. The Hall–Kier alpha value is -0.0900. The van der Waals surface area contributed by atoms with E-state index in [1.807, 2.05) is 12.1 Å². The summed E-state index contributed by atoms with van der Waals surface area (Å²) in [4.78, 5) is 0. The van der Waals surface area contributed by atoms with Crippen molar-refractivity contribution in [2.45, 2.75) is 39.3 Å². The van der Waals surface area contributed by atoms with Gasteiger partial charge in [-0.1, -0.05) is 33.6 Å². The highest BCUT2D eigenvalue weighted by Gasteiger charge is 2.08. The summed E-state index contributed by atoms with van der Waals surface area (Å²) in [6.45, 7) is 7.96. The Labute approximate surface area is 123 Å². The summed E-state index contributed by atoms with van der Waals surface area (Å²) in [5, 5.41) is 4.25. The summed E-state index contributed by atoms with van der Waals surface area (Å²) in [6.07, 6.45) is 1.32. The quantitative estimate of drug-likeness (QED) is 0.738. The highest BCUT2D eigenvalue weighted by molar-refractivity contribution is 9.10. The molecule has 0 aromatic heterocycles. The summed E-state index contributed by atoms with van der Waals surface area (Å²) in [6, 6.07) is 6.25. The Balaban J connectivity index is 2.34. The van der Waals surface area contributed by atoms with Crippen molar-refractivity contribution in [2.75, 3.05) is 13.2 Å². The number of nitrogens with one attached hydrogen (secondary N) is 1. The Kier molecular flexibility index (Phi) is 7.23. The normalized spacial score (nSPS) is 13.0. The largest absolute Gasteiger partial charge is 0.379 e. The zero-order valence-electron chi connectivity index (χ0n) is 11.2. The average Bonchev–Trinajstić information content (AvgIpc) is 2.27. The topological polar surface area (TPSA) is 21.3 Å². The molecule has 1 atom stereocenters. The maximum absolute atomic E-state index is 6.21. The predicted molar refractivity (Wildman–Crippen MR) is 81.3 cm³/mol. The smallest absolute Gasteiger partial charge is 0.0518 e. The number of ether oxygens (including phenoxy) is 1. The summed E-state index contributed by atoms with van der Waals surface area (Å²) in [5.41, 5.74) is 1.13. The molecule has 0 aliphatic rings. The molecule has 0 amide bonds. The van der Waals surface area contributed by atoms with Gasteiger partial charge in [-0.25, -0.2) is 0 Å². The summed E-state index contributed by atoms with van der Waals surface area (Å²) < 4.78 is 6.50. The Morgan fingerprint density at radius 2 is 2.06 bits per heavy atom. The first-order valence-corrected chi connectivity index (χ1v) is 7.47. The SMILES string of the molecule is CC(C)OCCCNC(C)c1ccc(Br)cc1Cl. The lowest BCUT2D eigenvalue weighted by Crippen LogP contribution is -2.21. The van der Waals surface area contributed by atoms with Crippen LogP contribution < -0.4 is 5.32 Å². The summed E-state index contributed by atoms with van der Waals surface area (Å²) in [7, 11) is 0. The van der Waals surface area contributed by atoms with E-state index in [-0.39, 0.29) is 6.04 Å². The number of benzene rings is 1. The lowest BCUT2D eigenvalue weighted by Gasteiger charge is -2.16. The van der Waals surface area contributed by atoms with Crippen molar-refractivity contribution >= 4 is 27.5 Å². The zero-order valence-corrected chi connectivity index (χ0v) is 13.5. The first kappa shape index (κ1) is 16.0. The lowest BCUT2D eigenvalue weighted by atomic mass is 10.1. The van der Waals surface area contributed by atoms with Crippen LogP contribution in [0, 0.1) is 0 Å². The Morgan fingerprint density at radius 3 is 2.67 bits per heavy atom. The molecule has 1 aromatic carbocycles. The summed E-state index contributed by atoms with van der Waals surface area (Å²) >= 11 is 9.62. The maximum Gasteiger partial charge on any atom is 0.0518 e. The molecule has 0 radical (unpaired) electrons. The van der Waals surface area contributed by atoms with Gasteiger partial charge < -0.3 is 10.1 Å². The van der Waals surface area contributed by atoms with Crippen LogP contribution in [0.5, 0.6) is 0 Å². The molecule has 0 saturated heterocycles. The van der Waals surface area contributed by atoms with Crippen LogP contribution in [-0.4, -0.2) is 19.3 Å². The summed E-state index contributed by atoms with van der Waals surface area (Å²) in [5.74, 6) is 0. The van der Waals surface area contributed by atoms with Crippen molar-refractivity contribution in [3.63, 3.8) is 0 Å². The highest BCUT2D eigenvalue weighted by atomic mass is 79.9. The van der Waals surface area contributed by atoms with E-state index in [0.717, 1.165) is 34.6 Å². The highest BCUT2D eigenvalue weighted by Crippen LogP contribution is 2.26. The van der Waals surface area contributed by atoms with Crippen molar-refractivity contribution in [3.05, 3.63) is 33.3 Å². The van der Waals surface area contributed by atoms with Crippen LogP contribution in [0.3, 0.4) is 0 Å². The van der Waals surface area contributed by atoms with Gasteiger partial charge in [0.15, 0.2) is 0 Å². The van der Waals surface area contributed by atoms with Crippen LogP contribution in [-0.2, 0) is 4.74 Å². The molecule has 2 nitrogen and oxygen atoms in total. The molecule has 0 aliphatic heterocycles. The van der Waals surface area contributed by atoms with E-state index in [1.165, 1.54) is 0 Å². The first-order chi connectivity index (χ1) is 8.50. The fourth-order valence-corrected chi connectivity index (χ4v) is 2.51. The molecular weight excluding hydrogens is 314 g/mol. The van der Waals surface area contributed by atoms with Gasteiger partial charge in [-0.3, -0.25) is 0 Å². The third-order valence-electron chi connectivity index (χ3n) is 2.65. The molecule has 4 heteroatoms. The van der Waals surface area contributed by atoms with Crippen LogP contribution in [0.15, 0.2) is 22.7 Å². The Morgan fingerprint density at radius 1 is 1.33 bits per heavy atom. The van der Waals surface area contributed by atoms with Gasteiger partial charge in [0.2, 0.25) is 0 Å². The van der Waals surface area contributed by atoms with Crippen molar-refractivity contribution in [1.82, 2.24) is 5.32 Å². The number of hydrogen-bond donors (Lipinski definition) is 1. The fourth-order valence-electron chi connectivity index (χ4n) is 1.67. The molecule has 1 aromatic rings. The van der Waals surface area contributed by atoms with Crippen LogP contribution in [0.4, 0.5) is 0 Å².